The van der Waals surface area contributed by atoms with Gasteiger partial charge in [-0.15, -0.1) is 0 Å². The van der Waals surface area contributed by atoms with E-state index in [0.717, 1.165) is 19.4 Å². The summed E-state index contributed by atoms with van der Waals surface area (Å²) < 4.78 is 15.6. The molecule has 1 saturated carbocycles. The van der Waals surface area contributed by atoms with Crippen molar-refractivity contribution < 1.29 is 19.0 Å². The summed E-state index contributed by atoms with van der Waals surface area (Å²) in [6.45, 7) is 3.98. The number of hydrogen-bond donors (Lipinski definition) is 1. The van der Waals surface area contributed by atoms with Crippen molar-refractivity contribution in [2.75, 3.05) is 26.9 Å². The minimum atomic E-state index is -0.857. The molecule has 1 aliphatic rings. The van der Waals surface area contributed by atoms with Gasteiger partial charge in [-0.1, -0.05) is 6.92 Å². The molecule has 1 rings (SSSR count). The molecule has 0 heterocycles. The van der Waals surface area contributed by atoms with E-state index in [1.165, 1.54) is 7.11 Å². The molecule has 5 heteroatoms. The van der Waals surface area contributed by atoms with Crippen LogP contribution in [0.25, 0.3) is 0 Å². The third kappa shape index (κ3) is 4.26. The van der Waals surface area contributed by atoms with Gasteiger partial charge in [-0.05, 0) is 19.3 Å². The van der Waals surface area contributed by atoms with Gasteiger partial charge in [-0.25, -0.2) is 0 Å². The van der Waals surface area contributed by atoms with Gasteiger partial charge in [0.15, 0.2) is 0 Å². The lowest BCUT2D eigenvalue weighted by Gasteiger charge is -2.20. The molecule has 1 fully saturated rings. The quantitative estimate of drug-likeness (QED) is 0.532. The first-order chi connectivity index (χ1) is 8.12. The second-order valence-electron chi connectivity index (χ2n) is 4.50. The SMILES string of the molecule is CCCOCCOC1CCC(N)(C(=O)OC)C1. The first-order valence-corrected chi connectivity index (χ1v) is 6.19. The van der Waals surface area contributed by atoms with Gasteiger partial charge in [0.1, 0.15) is 5.54 Å². The Labute approximate surface area is 103 Å². The molecule has 17 heavy (non-hydrogen) atoms. The number of hydrogen-bond acceptors (Lipinski definition) is 5. The average molecular weight is 245 g/mol. The van der Waals surface area contributed by atoms with E-state index >= 15 is 0 Å². The van der Waals surface area contributed by atoms with E-state index in [2.05, 4.69) is 6.92 Å². The predicted octanol–water partition coefficient (Wildman–Crippen LogP) is 0.853. The fourth-order valence-corrected chi connectivity index (χ4v) is 2.08. The van der Waals surface area contributed by atoms with Gasteiger partial charge in [-0.2, -0.15) is 0 Å². The maximum atomic E-state index is 11.5. The van der Waals surface area contributed by atoms with Gasteiger partial charge >= 0.3 is 5.97 Å². The lowest BCUT2D eigenvalue weighted by Crippen LogP contribution is -2.46. The minimum Gasteiger partial charge on any atom is -0.468 e. The zero-order chi connectivity index (χ0) is 12.7. The number of methoxy groups -OCH3 is 1. The molecular formula is C12H23NO4. The molecule has 2 atom stereocenters. The molecule has 2 unspecified atom stereocenters. The van der Waals surface area contributed by atoms with Gasteiger partial charge < -0.3 is 19.9 Å². The third-order valence-electron chi connectivity index (χ3n) is 3.03. The van der Waals surface area contributed by atoms with Gasteiger partial charge in [-0.3, -0.25) is 4.79 Å². The van der Waals surface area contributed by atoms with Crippen LogP contribution in [0, 0.1) is 0 Å². The van der Waals surface area contributed by atoms with Crippen LogP contribution in [-0.4, -0.2) is 44.5 Å². The highest BCUT2D eigenvalue weighted by molar-refractivity contribution is 5.80. The highest BCUT2D eigenvalue weighted by Gasteiger charge is 2.43. The summed E-state index contributed by atoms with van der Waals surface area (Å²) in [7, 11) is 1.36. The summed E-state index contributed by atoms with van der Waals surface area (Å²) in [5.74, 6) is -0.342. The van der Waals surface area contributed by atoms with Crippen molar-refractivity contribution in [2.24, 2.45) is 5.73 Å². The zero-order valence-corrected chi connectivity index (χ0v) is 10.7. The Morgan fingerprint density at radius 3 is 2.82 bits per heavy atom. The van der Waals surface area contributed by atoms with E-state index in [0.29, 0.717) is 26.1 Å². The Morgan fingerprint density at radius 2 is 2.18 bits per heavy atom. The highest BCUT2D eigenvalue weighted by Crippen LogP contribution is 2.30. The summed E-state index contributed by atoms with van der Waals surface area (Å²) in [5, 5.41) is 0. The molecule has 0 aromatic carbocycles. The second-order valence-corrected chi connectivity index (χ2v) is 4.50. The summed E-state index contributed by atoms with van der Waals surface area (Å²) in [5.41, 5.74) is 5.11. The van der Waals surface area contributed by atoms with Crippen molar-refractivity contribution in [3.05, 3.63) is 0 Å². The maximum Gasteiger partial charge on any atom is 0.325 e. The molecule has 0 aliphatic heterocycles. The van der Waals surface area contributed by atoms with E-state index < -0.39 is 5.54 Å². The summed E-state index contributed by atoms with van der Waals surface area (Å²) in [6, 6.07) is 0. The normalized spacial score (nSPS) is 28.3. The van der Waals surface area contributed by atoms with Crippen molar-refractivity contribution in [2.45, 2.75) is 44.2 Å². The fourth-order valence-electron chi connectivity index (χ4n) is 2.08. The van der Waals surface area contributed by atoms with E-state index in [1.807, 2.05) is 0 Å². The highest BCUT2D eigenvalue weighted by atomic mass is 16.5. The van der Waals surface area contributed by atoms with Crippen molar-refractivity contribution in [3.63, 3.8) is 0 Å². The van der Waals surface area contributed by atoms with E-state index in [4.69, 9.17) is 19.9 Å². The molecule has 0 spiro atoms. The smallest absolute Gasteiger partial charge is 0.325 e. The van der Waals surface area contributed by atoms with Gasteiger partial charge in [0, 0.05) is 13.0 Å². The van der Waals surface area contributed by atoms with E-state index in [1.54, 1.807) is 0 Å². The van der Waals surface area contributed by atoms with Crippen LogP contribution in [0.1, 0.15) is 32.6 Å². The van der Waals surface area contributed by atoms with Gasteiger partial charge in [0.25, 0.3) is 0 Å². The van der Waals surface area contributed by atoms with Crippen molar-refractivity contribution in [1.82, 2.24) is 0 Å². The van der Waals surface area contributed by atoms with Crippen LogP contribution >= 0.6 is 0 Å². The monoisotopic (exact) mass is 245 g/mol. The maximum absolute atomic E-state index is 11.5. The molecule has 2 N–H and O–H groups in total. The first kappa shape index (κ1) is 14.4. The van der Waals surface area contributed by atoms with Crippen LogP contribution in [0.5, 0.6) is 0 Å². The Hall–Kier alpha value is -0.650. The lowest BCUT2D eigenvalue weighted by molar-refractivity contribution is -0.147. The van der Waals surface area contributed by atoms with Gasteiger partial charge in [0.2, 0.25) is 0 Å². The molecule has 1 aliphatic carbocycles. The van der Waals surface area contributed by atoms with Crippen LogP contribution in [-0.2, 0) is 19.0 Å². The van der Waals surface area contributed by atoms with Crippen LogP contribution in [0.4, 0.5) is 0 Å². The zero-order valence-electron chi connectivity index (χ0n) is 10.7. The molecule has 0 aromatic rings. The number of carbonyl (C=O) groups excluding carboxylic acids is 1. The Morgan fingerprint density at radius 1 is 1.41 bits per heavy atom. The first-order valence-electron chi connectivity index (χ1n) is 6.19. The Balaban J connectivity index is 2.19. The van der Waals surface area contributed by atoms with Crippen LogP contribution in [0.2, 0.25) is 0 Å². The van der Waals surface area contributed by atoms with Crippen LogP contribution in [0.3, 0.4) is 0 Å². The van der Waals surface area contributed by atoms with Crippen LogP contribution < -0.4 is 5.73 Å². The summed E-state index contributed by atoms with van der Waals surface area (Å²) in [6.07, 6.45) is 3.02. The van der Waals surface area contributed by atoms with Crippen LogP contribution in [0.15, 0.2) is 0 Å². The predicted molar refractivity (Wildman–Crippen MR) is 63.6 cm³/mol. The summed E-state index contributed by atoms with van der Waals surface area (Å²) >= 11 is 0. The van der Waals surface area contributed by atoms with E-state index in [-0.39, 0.29) is 12.1 Å². The summed E-state index contributed by atoms with van der Waals surface area (Å²) in [4.78, 5) is 11.5. The van der Waals surface area contributed by atoms with Crippen molar-refractivity contribution >= 4 is 5.97 Å². The topological polar surface area (TPSA) is 70.8 Å². The standard InChI is InChI=1S/C12H23NO4/c1-3-6-16-7-8-17-10-4-5-12(13,9-10)11(14)15-2/h10H,3-9,13H2,1-2H3. The molecule has 0 amide bonds. The van der Waals surface area contributed by atoms with Gasteiger partial charge in [0.05, 0.1) is 26.4 Å². The number of ether oxygens (including phenoxy) is 3. The molecule has 5 nitrogen and oxygen atoms in total. The second kappa shape index (κ2) is 6.93. The third-order valence-corrected chi connectivity index (χ3v) is 3.03. The molecule has 0 bridgehead atoms. The minimum absolute atomic E-state index is 0.0457. The molecule has 0 radical (unpaired) electrons. The number of carbonyl (C=O) groups is 1. The largest absolute Gasteiger partial charge is 0.468 e. The molecular weight excluding hydrogens is 222 g/mol. The lowest BCUT2D eigenvalue weighted by atomic mass is 10.00. The molecule has 0 saturated heterocycles. The van der Waals surface area contributed by atoms with Crippen molar-refractivity contribution in [1.29, 1.82) is 0 Å². The Kier molecular flexibility index (Phi) is 5.88. The molecule has 0 aromatic heterocycles. The van der Waals surface area contributed by atoms with E-state index in [9.17, 15) is 4.79 Å². The number of esters is 1. The Bertz CT molecular complexity index is 247. The number of rotatable bonds is 7. The fraction of sp³-hybridized carbons (Fsp3) is 0.917. The van der Waals surface area contributed by atoms with Crippen molar-refractivity contribution in [3.8, 4) is 0 Å². The average Bonchev–Trinajstić information content (AvgIpc) is 2.71. The molecule has 100 valence electrons. The number of nitrogens with two attached hydrogens (primary N) is 1.